The second-order valence-electron chi connectivity index (χ2n) is 2.58. The third-order valence-corrected chi connectivity index (χ3v) is 1.92. The predicted octanol–water partition coefficient (Wildman–Crippen LogP) is 2.04. The number of halogens is 3. The number of rotatable bonds is 3. The van der Waals surface area contributed by atoms with E-state index in [4.69, 9.17) is 17.3 Å². The van der Waals surface area contributed by atoms with E-state index in [1.54, 1.807) is 0 Å². The Bertz CT molecular complexity index is 281. The number of pyridine rings is 1. The molecule has 0 aliphatic heterocycles. The molecule has 0 saturated carbocycles. The molecule has 1 heterocycles. The van der Waals surface area contributed by atoms with Crippen LogP contribution in [0.15, 0.2) is 18.3 Å². The summed E-state index contributed by atoms with van der Waals surface area (Å²) in [7, 11) is 0. The van der Waals surface area contributed by atoms with Gasteiger partial charge < -0.3 is 5.73 Å². The van der Waals surface area contributed by atoms with E-state index in [9.17, 15) is 8.78 Å². The molecule has 1 aromatic rings. The molecular weight excluding hydrogens is 198 g/mol. The van der Waals surface area contributed by atoms with Crippen LogP contribution >= 0.6 is 11.6 Å². The molecule has 72 valence electrons. The van der Waals surface area contributed by atoms with Gasteiger partial charge in [-0.25, -0.2) is 8.78 Å². The minimum atomic E-state index is -2.50. The third-order valence-electron chi connectivity index (χ3n) is 1.68. The van der Waals surface area contributed by atoms with Crippen molar-refractivity contribution in [1.82, 2.24) is 4.98 Å². The number of hydrogen-bond acceptors (Lipinski definition) is 2. The van der Waals surface area contributed by atoms with Crippen LogP contribution < -0.4 is 5.73 Å². The molecule has 0 aromatic carbocycles. The van der Waals surface area contributed by atoms with E-state index in [2.05, 4.69) is 4.98 Å². The monoisotopic (exact) mass is 206 g/mol. The van der Waals surface area contributed by atoms with Gasteiger partial charge >= 0.3 is 0 Å². The van der Waals surface area contributed by atoms with Crippen LogP contribution in [-0.2, 0) is 0 Å². The average Bonchev–Trinajstić information content (AvgIpc) is 2.04. The number of nitrogens with zero attached hydrogens (tertiary/aromatic N) is 1. The van der Waals surface area contributed by atoms with Gasteiger partial charge in [0.05, 0.1) is 11.6 Å². The van der Waals surface area contributed by atoms with Crippen LogP contribution in [0.3, 0.4) is 0 Å². The molecule has 0 aliphatic rings. The highest BCUT2D eigenvalue weighted by atomic mass is 35.5. The van der Waals surface area contributed by atoms with Crippen LogP contribution in [0.5, 0.6) is 0 Å². The maximum absolute atomic E-state index is 12.4. The van der Waals surface area contributed by atoms with E-state index >= 15 is 0 Å². The van der Waals surface area contributed by atoms with Crippen LogP contribution in [0.25, 0.3) is 0 Å². The van der Waals surface area contributed by atoms with Crippen molar-refractivity contribution < 1.29 is 8.78 Å². The highest BCUT2D eigenvalue weighted by Crippen LogP contribution is 2.22. The Morgan fingerprint density at radius 2 is 2.23 bits per heavy atom. The Labute approximate surface area is 79.7 Å². The quantitative estimate of drug-likeness (QED) is 0.822. The molecular formula is C8H9ClF2N2. The molecule has 1 rings (SSSR count). The Hall–Kier alpha value is -0.740. The maximum Gasteiger partial charge on any atom is 0.248 e. The van der Waals surface area contributed by atoms with Crippen molar-refractivity contribution in [2.75, 3.05) is 6.54 Å². The summed E-state index contributed by atoms with van der Waals surface area (Å²) in [6, 6.07) is 2.94. The topological polar surface area (TPSA) is 38.9 Å². The van der Waals surface area contributed by atoms with Crippen molar-refractivity contribution in [2.24, 2.45) is 5.73 Å². The summed E-state index contributed by atoms with van der Waals surface area (Å²) in [5.41, 5.74) is 5.43. The molecule has 1 aromatic heterocycles. The van der Waals surface area contributed by atoms with Gasteiger partial charge in [-0.3, -0.25) is 4.98 Å². The summed E-state index contributed by atoms with van der Waals surface area (Å²) in [6.45, 7) is -0.134. The molecule has 13 heavy (non-hydrogen) atoms. The van der Waals surface area contributed by atoms with Crippen LogP contribution in [0.4, 0.5) is 8.78 Å². The molecule has 0 bridgehead atoms. The molecule has 1 atom stereocenters. The molecule has 2 nitrogen and oxygen atoms in total. The maximum atomic E-state index is 12.4. The van der Waals surface area contributed by atoms with Gasteiger partial charge in [-0.15, -0.1) is 0 Å². The molecule has 0 aliphatic carbocycles. The minimum absolute atomic E-state index is 0.134. The van der Waals surface area contributed by atoms with Gasteiger partial charge in [0.25, 0.3) is 0 Å². The van der Waals surface area contributed by atoms with E-state index < -0.39 is 12.3 Å². The van der Waals surface area contributed by atoms with Crippen molar-refractivity contribution >= 4 is 11.6 Å². The average molecular weight is 207 g/mol. The molecule has 0 amide bonds. The molecule has 1 unspecified atom stereocenters. The summed E-state index contributed by atoms with van der Waals surface area (Å²) in [5.74, 6) is -1.03. The SMILES string of the molecule is NCC(c1cc(Cl)ccn1)C(F)F. The molecule has 0 radical (unpaired) electrons. The number of aromatic nitrogens is 1. The Morgan fingerprint density at radius 1 is 1.54 bits per heavy atom. The number of nitrogens with two attached hydrogens (primary N) is 1. The molecule has 0 saturated heterocycles. The van der Waals surface area contributed by atoms with Crippen LogP contribution in [0.1, 0.15) is 11.6 Å². The molecule has 0 spiro atoms. The number of alkyl halides is 2. The van der Waals surface area contributed by atoms with E-state index in [1.165, 1.54) is 18.3 Å². The smallest absolute Gasteiger partial charge is 0.248 e. The second kappa shape index (κ2) is 4.48. The van der Waals surface area contributed by atoms with Crippen molar-refractivity contribution in [2.45, 2.75) is 12.3 Å². The first kappa shape index (κ1) is 10.3. The van der Waals surface area contributed by atoms with Crippen molar-refractivity contribution in [3.8, 4) is 0 Å². The van der Waals surface area contributed by atoms with Gasteiger partial charge in [0.2, 0.25) is 6.43 Å². The van der Waals surface area contributed by atoms with Gasteiger partial charge in [-0.05, 0) is 12.1 Å². The standard InChI is InChI=1S/C8H9ClF2N2/c9-5-1-2-13-7(3-5)6(4-12)8(10)11/h1-3,6,8H,4,12H2. The summed E-state index contributed by atoms with van der Waals surface area (Å²) in [6.07, 6.45) is -1.11. The summed E-state index contributed by atoms with van der Waals surface area (Å²) in [5, 5.41) is 0.393. The zero-order valence-electron chi connectivity index (χ0n) is 6.75. The summed E-state index contributed by atoms with van der Waals surface area (Å²) >= 11 is 5.62. The second-order valence-corrected chi connectivity index (χ2v) is 3.01. The normalized spacial score (nSPS) is 13.3. The van der Waals surface area contributed by atoms with Crippen molar-refractivity contribution in [1.29, 1.82) is 0 Å². The van der Waals surface area contributed by atoms with Gasteiger partial charge in [-0.1, -0.05) is 11.6 Å². The molecule has 0 fully saturated rings. The molecule has 5 heteroatoms. The highest BCUT2D eigenvalue weighted by Gasteiger charge is 2.21. The Balaban J connectivity index is 2.91. The summed E-state index contributed by atoms with van der Waals surface area (Å²) in [4.78, 5) is 3.79. The van der Waals surface area contributed by atoms with Crippen molar-refractivity contribution in [3.05, 3.63) is 29.0 Å². The largest absolute Gasteiger partial charge is 0.330 e. The minimum Gasteiger partial charge on any atom is -0.330 e. The first-order valence-electron chi connectivity index (χ1n) is 3.75. The lowest BCUT2D eigenvalue weighted by Crippen LogP contribution is -2.20. The zero-order chi connectivity index (χ0) is 9.84. The predicted molar refractivity (Wildman–Crippen MR) is 47.0 cm³/mol. The van der Waals surface area contributed by atoms with E-state index in [1.807, 2.05) is 0 Å². The van der Waals surface area contributed by atoms with Gasteiger partial charge in [0.15, 0.2) is 0 Å². The zero-order valence-corrected chi connectivity index (χ0v) is 7.51. The van der Waals surface area contributed by atoms with E-state index in [0.29, 0.717) is 5.02 Å². The van der Waals surface area contributed by atoms with Crippen molar-refractivity contribution in [3.63, 3.8) is 0 Å². The fourth-order valence-corrected chi connectivity index (χ4v) is 1.14. The van der Waals surface area contributed by atoms with Crippen LogP contribution in [0, 0.1) is 0 Å². The van der Waals surface area contributed by atoms with Gasteiger partial charge in [-0.2, -0.15) is 0 Å². The van der Waals surface area contributed by atoms with Crippen LogP contribution in [0.2, 0.25) is 5.02 Å². The highest BCUT2D eigenvalue weighted by molar-refractivity contribution is 6.30. The van der Waals surface area contributed by atoms with E-state index in [-0.39, 0.29) is 12.2 Å². The Kier molecular flexibility index (Phi) is 3.57. The Morgan fingerprint density at radius 3 is 2.69 bits per heavy atom. The first-order chi connectivity index (χ1) is 6.15. The van der Waals surface area contributed by atoms with Crippen LogP contribution in [-0.4, -0.2) is 18.0 Å². The summed E-state index contributed by atoms with van der Waals surface area (Å²) < 4.78 is 24.7. The fourth-order valence-electron chi connectivity index (χ4n) is 0.977. The van der Waals surface area contributed by atoms with E-state index in [0.717, 1.165) is 0 Å². The molecule has 2 N–H and O–H groups in total. The first-order valence-corrected chi connectivity index (χ1v) is 4.12. The van der Waals surface area contributed by atoms with Gasteiger partial charge in [0, 0.05) is 17.8 Å². The lowest BCUT2D eigenvalue weighted by Gasteiger charge is -2.12. The third kappa shape index (κ3) is 2.60. The van der Waals surface area contributed by atoms with Gasteiger partial charge in [0.1, 0.15) is 0 Å². The lowest BCUT2D eigenvalue weighted by atomic mass is 10.1. The number of hydrogen-bond donors (Lipinski definition) is 1. The lowest BCUT2D eigenvalue weighted by molar-refractivity contribution is 0.115. The fraction of sp³-hybridized carbons (Fsp3) is 0.375.